The summed E-state index contributed by atoms with van der Waals surface area (Å²) < 4.78 is 13.4. The molecule has 0 radical (unpaired) electrons. The van der Waals surface area contributed by atoms with Crippen LogP contribution in [0.25, 0.3) is 43.6 Å². The van der Waals surface area contributed by atoms with Gasteiger partial charge >= 0.3 is 0 Å². The van der Waals surface area contributed by atoms with Crippen molar-refractivity contribution < 1.29 is 4.39 Å². The number of hydrogen-bond donors (Lipinski definition) is 1. The molecule has 0 atom stereocenters. The largest absolute Gasteiger partial charge is 0.383 e. The van der Waals surface area contributed by atoms with Gasteiger partial charge in [0, 0.05) is 16.2 Å². The number of aromatic nitrogens is 1. The third kappa shape index (κ3) is 2.14. The molecule has 5 aromatic rings. The van der Waals surface area contributed by atoms with E-state index in [2.05, 4.69) is 24.3 Å². The molecule has 2 nitrogen and oxygen atoms in total. The van der Waals surface area contributed by atoms with Gasteiger partial charge in [0.25, 0.3) is 0 Å². The van der Waals surface area contributed by atoms with Crippen LogP contribution in [0, 0.1) is 5.82 Å². The lowest BCUT2D eigenvalue weighted by Gasteiger charge is -2.14. The van der Waals surface area contributed by atoms with Gasteiger partial charge in [-0.2, -0.15) is 0 Å². The van der Waals surface area contributed by atoms with Gasteiger partial charge in [0.15, 0.2) is 0 Å². The highest BCUT2D eigenvalue weighted by Crippen LogP contribution is 2.39. The third-order valence-electron chi connectivity index (χ3n) is 4.88. The van der Waals surface area contributed by atoms with Crippen molar-refractivity contribution in [1.82, 2.24) is 4.98 Å². The molecule has 1 heterocycles. The second kappa shape index (κ2) is 5.53. The van der Waals surface area contributed by atoms with E-state index in [9.17, 15) is 4.39 Å². The monoisotopic (exact) mass is 338 g/mol. The summed E-state index contributed by atoms with van der Waals surface area (Å²) >= 11 is 0. The highest BCUT2D eigenvalue weighted by Gasteiger charge is 2.14. The van der Waals surface area contributed by atoms with E-state index in [1.54, 1.807) is 0 Å². The molecule has 26 heavy (non-hydrogen) atoms. The topological polar surface area (TPSA) is 38.9 Å². The highest BCUT2D eigenvalue weighted by atomic mass is 19.1. The molecule has 124 valence electrons. The number of nitrogens with two attached hydrogens (primary N) is 1. The molecule has 0 amide bonds. The minimum atomic E-state index is -0.244. The van der Waals surface area contributed by atoms with Crippen LogP contribution in [0.1, 0.15) is 0 Å². The van der Waals surface area contributed by atoms with Crippen molar-refractivity contribution in [2.45, 2.75) is 0 Å². The number of benzene rings is 4. The lowest BCUT2D eigenvalue weighted by molar-refractivity contribution is 0.628. The number of anilines is 1. The Labute approximate surface area is 149 Å². The molecule has 0 saturated heterocycles. The summed E-state index contributed by atoms with van der Waals surface area (Å²) in [5.41, 5.74) is 9.12. The molecule has 4 aromatic carbocycles. The summed E-state index contributed by atoms with van der Waals surface area (Å²) in [5.74, 6) is 0.278. The molecular weight excluding hydrogens is 323 g/mol. The first kappa shape index (κ1) is 14.8. The minimum Gasteiger partial charge on any atom is -0.383 e. The van der Waals surface area contributed by atoms with Gasteiger partial charge in [0.05, 0.1) is 5.52 Å². The average molecular weight is 338 g/mol. The number of hydrogen-bond acceptors (Lipinski definition) is 2. The molecule has 0 spiro atoms. The van der Waals surface area contributed by atoms with Gasteiger partial charge in [-0.25, -0.2) is 9.37 Å². The summed E-state index contributed by atoms with van der Waals surface area (Å²) in [6, 6.07) is 24.9. The summed E-state index contributed by atoms with van der Waals surface area (Å²) in [5, 5.41) is 5.17. The first-order valence-corrected chi connectivity index (χ1v) is 8.48. The van der Waals surface area contributed by atoms with Crippen LogP contribution in [0.3, 0.4) is 0 Å². The van der Waals surface area contributed by atoms with Gasteiger partial charge in [-0.05, 0) is 40.1 Å². The lowest BCUT2D eigenvalue weighted by Crippen LogP contribution is -1.96. The Kier molecular flexibility index (Phi) is 3.16. The maximum absolute atomic E-state index is 13.4. The van der Waals surface area contributed by atoms with Crippen LogP contribution in [-0.4, -0.2) is 4.98 Å². The first-order valence-electron chi connectivity index (χ1n) is 8.48. The van der Waals surface area contributed by atoms with E-state index in [1.807, 2.05) is 42.5 Å². The van der Waals surface area contributed by atoms with Crippen molar-refractivity contribution >= 4 is 38.3 Å². The van der Waals surface area contributed by atoms with Crippen LogP contribution in [0.15, 0.2) is 78.9 Å². The molecule has 3 heteroatoms. The van der Waals surface area contributed by atoms with Crippen molar-refractivity contribution in [3.8, 4) is 11.1 Å². The fourth-order valence-corrected chi connectivity index (χ4v) is 3.68. The van der Waals surface area contributed by atoms with Crippen LogP contribution < -0.4 is 5.73 Å². The quantitative estimate of drug-likeness (QED) is 0.385. The Bertz CT molecular complexity index is 1290. The summed E-state index contributed by atoms with van der Waals surface area (Å²) in [6.45, 7) is 0. The second-order valence-electron chi connectivity index (χ2n) is 6.42. The molecule has 0 saturated carbocycles. The van der Waals surface area contributed by atoms with E-state index < -0.39 is 0 Å². The third-order valence-corrected chi connectivity index (χ3v) is 4.88. The van der Waals surface area contributed by atoms with E-state index in [0.717, 1.165) is 43.6 Å². The summed E-state index contributed by atoms with van der Waals surface area (Å²) in [4.78, 5) is 4.74. The zero-order valence-corrected chi connectivity index (χ0v) is 13.9. The SMILES string of the molecule is Nc1nc2c3ccccc3cc(-c3ccc(F)cc3)c2c2ccccc12. The van der Waals surface area contributed by atoms with Crippen LogP contribution >= 0.6 is 0 Å². The number of nitrogen functional groups attached to an aromatic ring is 1. The van der Waals surface area contributed by atoms with Crippen LogP contribution in [0.4, 0.5) is 10.2 Å². The van der Waals surface area contributed by atoms with E-state index in [0.29, 0.717) is 5.82 Å². The zero-order chi connectivity index (χ0) is 17.7. The van der Waals surface area contributed by atoms with Crippen molar-refractivity contribution in [2.24, 2.45) is 0 Å². The maximum Gasteiger partial charge on any atom is 0.132 e. The Morgan fingerprint density at radius 3 is 2.15 bits per heavy atom. The standard InChI is InChI=1S/C23H15FN2/c24-16-11-9-14(10-12-16)20-13-15-5-1-2-6-17(15)22-21(20)18-7-3-4-8-19(18)23(25)26-22/h1-13H,(H2,25,26). The molecule has 0 unspecified atom stereocenters. The van der Waals surface area contributed by atoms with Crippen LogP contribution in [-0.2, 0) is 0 Å². The van der Waals surface area contributed by atoms with E-state index >= 15 is 0 Å². The van der Waals surface area contributed by atoms with E-state index in [4.69, 9.17) is 10.7 Å². The fourth-order valence-electron chi connectivity index (χ4n) is 3.68. The smallest absolute Gasteiger partial charge is 0.132 e. The van der Waals surface area contributed by atoms with Crippen LogP contribution in [0.2, 0.25) is 0 Å². The summed E-state index contributed by atoms with van der Waals surface area (Å²) in [7, 11) is 0. The number of fused-ring (bicyclic) bond motifs is 5. The molecule has 0 aliphatic rings. The van der Waals surface area contributed by atoms with Crippen molar-refractivity contribution in [2.75, 3.05) is 5.73 Å². The molecule has 1 aromatic heterocycles. The summed E-state index contributed by atoms with van der Waals surface area (Å²) in [6.07, 6.45) is 0. The van der Waals surface area contributed by atoms with Crippen molar-refractivity contribution in [3.05, 3.63) is 84.7 Å². The first-order chi connectivity index (χ1) is 12.7. The Hall–Kier alpha value is -3.46. The second-order valence-corrected chi connectivity index (χ2v) is 6.42. The Morgan fingerprint density at radius 1 is 0.731 bits per heavy atom. The Morgan fingerprint density at radius 2 is 1.38 bits per heavy atom. The van der Waals surface area contributed by atoms with E-state index in [1.165, 1.54) is 12.1 Å². The molecule has 2 N–H and O–H groups in total. The fraction of sp³-hybridized carbons (Fsp3) is 0. The molecule has 0 aliphatic heterocycles. The maximum atomic E-state index is 13.4. The Balaban J connectivity index is 2.05. The zero-order valence-electron chi connectivity index (χ0n) is 13.9. The number of halogens is 1. The van der Waals surface area contributed by atoms with Gasteiger partial charge < -0.3 is 5.73 Å². The average Bonchev–Trinajstić information content (AvgIpc) is 2.68. The number of pyridine rings is 1. The number of nitrogens with zero attached hydrogens (tertiary/aromatic N) is 1. The lowest BCUT2D eigenvalue weighted by atomic mass is 9.92. The highest BCUT2D eigenvalue weighted by molar-refractivity contribution is 6.22. The van der Waals surface area contributed by atoms with Gasteiger partial charge in [0.2, 0.25) is 0 Å². The predicted octanol–water partition coefficient (Wildman–Crippen LogP) is 5.93. The van der Waals surface area contributed by atoms with Gasteiger partial charge in [0.1, 0.15) is 11.6 Å². The predicted molar refractivity (Wildman–Crippen MR) is 107 cm³/mol. The minimum absolute atomic E-state index is 0.244. The molecule has 5 rings (SSSR count). The van der Waals surface area contributed by atoms with Crippen molar-refractivity contribution in [3.63, 3.8) is 0 Å². The van der Waals surface area contributed by atoms with Crippen molar-refractivity contribution in [1.29, 1.82) is 0 Å². The molecular formula is C23H15FN2. The van der Waals surface area contributed by atoms with Gasteiger partial charge in [-0.15, -0.1) is 0 Å². The van der Waals surface area contributed by atoms with Crippen LogP contribution in [0.5, 0.6) is 0 Å². The molecule has 0 fully saturated rings. The normalized spacial score (nSPS) is 11.4. The number of rotatable bonds is 1. The van der Waals surface area contributed by atoms with E-state index in [-0.39, 0.29) is 5.82 Å². The van der Waals surface area contributed by atoms with Gasteiger partial charge in [-0.1, -0.05) is 60.7 Å². The molecule has 0 bridgehead atoms. The van der Waals surface area contributed by atoms with Gasteiger partial charge in [-0.3, -0.25) is 0 Å². The molecule has 0 aliphatic carbocycles.